The predicted octanol–water partition coefficient (Wildman–Crippen LogP) is 1.95. The molecule has 1 aliphatic rings. The zero-order valence-corrected chi connectivity index (χ0v) is 11.0. The Morgan fingerprint density at radius 3 is 3.00 bits per heavy atom. The SMILES string of the molecule is OC1COCC1NCc1cc(Br)ccc1Cl. The van der Waals surface area contributed by atoms with E-state index in [1.165, 1.54) is 0 Å². The number of nitrogens with one attached hydrogen (secondary N) is 1. The average Bonchev–Trinajstić information content (AvgIpc) is 2.66. The topological polar surface area (TPSA) is 41.5 Å². The van der Waals surface area contributed by atoms with E-state index in [-0.39, 0.29) is 6.04 Å². The largest absolute Gasteiger partial charge is 0.389 e. The summed E-state index contributed by atoms with van der Waals surface area (Å²) >= 11 is 9.46. The van der Waals surface area contributed by atoms with Crippen molar-refractivity contribution in [3.8, 4) is 0 Å². The molecule has 0 spiro atoms. The summed E-state index contributed by atoms with van der Waals surface area (Å²) in [6.07, 6.45) is -0.425. The molecule has 2 N–H and O–H groups in total. The van der Waals surface area contributed by atoms with Gasteiger partial charge in [-0.3, -0.25) is 0 Å². The van der Waals surface area contributed by atoms with Crippen LogP contribution in [0.25, 0.3) is 0 Å². The van der Waals surface area contributed by atoms with Gasteiger partial charge in [-0.05, 0) is 23.8 Å². The van der Waals surface area contributed by atoms with E-state index in [0.29, 0.717) is 19.8 Å². The Balaban J connectivity index is 1.96. The number of ether oxygens (including phenoxy) is 1. The average molecular weight is 307 g/mol. The van der Waals surface area contributed by atoms with Gasteiger partial charge in [0.1, 0.15) is 0 Å². The first-order valence-corrected chi connectivity index (χ1v) is 6.27. The quantitative estimate of drug-likeness (QED) is 0.897. The molecule has 88 valence electrons. The first kappa shape index (κ1) is 12.3. The molecule has 5 heteroatoms. The van der Waals surface area contributed by atoms with E-state index in [9.17, 15) is 5.11 Å². The van der Waals surface area contributed by atoms with Gasteiger partial charge in [0.05, 0.1) is 25.4 Å². The zero-order valence-electron chi connectivity index (χ0n) is 8.62. The fourth-order valence-corrected chi connectivity index (χ4v) is 2.25. The van der Waals surface area contributed by atoms with Crippen LogP contribution in [0, 0.1) is 0 Å². The van der Waals surface area contributed by atoms with Crippen LogP contribution in [0.1, 0.15) is 5.56 Å². The molecule has 0 amide bonds. The van der Waals surface area contributed by atoms with Gasteiger partial charge in [-0.25, -0.2) is 0 Å². The number of hydrogen-bond donors (Lipinski definition) is 2. The Bertz CT molecular complexity index is 375. The lowest BCUT2D eigenvalue weighted by atomic mass is 10.2. The van der Waals surface area contributed by atoms with Crippen LogP contribution >= 0.6 is 27.5 Å². The minimum absolute atomic E-state index is 0.00458. The number of halogens is 2. The lowest BCUT2D eigenvalue weighted by Crippen LogP contribution is -2.38. The van der Waals surface area contributed by atoms with Crippen LogP contribution in [0.4, 0.5) is 0 Å². The van der Waals surface area contributed by atoms with Crippen LogP contribution in [-0.4, -0.2) is 30.5 Å². The van der Waals surface area contributed by atoms with E-state index in [0.717, 1.165) is 15.1 Å². The molecule has 16 heavy (non-hydrogen) atoms. The maximum Gasteiger partial charge on any atom is 0.0948 e. The molecular weight excluding hydrogens is 293 g/mol. The second-order valence-corrected chi connectivity index (χ2v) is 5.15. The normalized spacial score (nSPS) is 24.9. The van der Waals surface area contributed by atoms with Gasteiger partial charge in [-0.2, -0.15) is 0 Å². The maximum absolute atomic E-state index is 9.56. The lowest BCUT2D eigenvalue weighted by molar-refractivity contribution is 0.122. The number of hydrogen-bond acceptors (Lipinski definition) is 3. The monoisotopic (exact) mass is 305 g/mol. The van der Waals surface area contributed by atoms with Gasteiger partial charge in [0.15, 0.2) is 0 Å². The van der Waals surface area contributed by atoms with Crippen LogP contribution in [0.15, 0.2) is 22.7 Å². The number of benzene rings is 1. The maximum atomic E-state index is 9.56. The summed E-state index contributed by atoms with van der Waals surface area (Å²) in [6, 6.07) is 5.72. The Labute approximate surface area is 108 Å². The van der Waals surface area contributed by atoms with Crippen molar-refractivity contribution in [3.05, 3.63) is 33.3 Å². The van der Waals surface area contributed by atoms with Crippen LogP contribution < -0.4 is 5.32 Å². The number of aliphatic hydroxyl groups excluding tert-OH is 1. The molecule has 1 aliphatic heterocycles. The van der Waals surface area contributed by atoms with E-state index in [2.05, 4.69) is 21.2 Å². The summed E-state index contributed by atoms with van der Waals surface area (Å²) in [4.78, 5) is 0. The van der Waals surface area contributed by atoms with Crippen molar-refractivity contribution >= 4 is 27.5 Å². The fourth-order valence-electron chi connectivity index (χ4n) is 1.66. The van der Waals surface area contributed by atoms with Crippen LogP contribution in [0.2, 0.25) is 5.02 Å². The smallest absolute Gasteiger partial charge is 0.0948 e. The van der Waals surface area contributed by atoms with Crippen molar-refractivity contribution in [2.75, 3.05) is 13.2 Å². The second-order valence-electron chi connectivity index (χ2n) is 3.83. The molecule has 1 aromatic rings. The van der Waals surface area contributed by atoms with Crippen molar-refractivity contribution in [1.82, 2.24) is 5.32 Å². The van der Waals surface area contributed by atoms with Crippen LogP contribution in [0.3, 0.4) is 0 Å². The van der Waals surface area contributed by atoms with Gasteiger partial charge in [-0.1, -0.05) is 27.5 Å². The second kappa shape index (κ2) is 5.47. The van der Waals surface area contributed by atoms with Crippen molar-refractivity contribution in [2.24, 2.45) is 0 Å². The molecule has 1 heterocycles. The third-order valence-corrected chi connectivity index (χ3v) is 3.47. The van der Waals surface area contributed by atoms with E-state index < -0.39 is 6.10 Å². The van der Waals surface area contributed by atoms with Crippen LogP contribution in [-0.2, 0) is 11.3 Å². The molecule has 2 atom stereocenters. The highest BCUT2D eigenvalue weighted by atomic mass is 79.9. The molecule has 0 aliphatic carbocycles. The zero-order chi connectivity index (χ0) is 11.5. The Morgan fingerprint density at radius 1 is 1.50 bits per heavy atom. The van der Waals surface area contributed by atoms with Gasteiger partial charge >= 0.3 is 0 Å². The Hall–Kier alpha value is -0.130. The number of aliphatic hydroxyl groups is 1. The molecule has 0 aromatic heterocycles. The van der Waals surface area contributed by atoms with Gasteiger partial charge in [-0.15, -0.1) is 0 Å². The van der Waals surface area contributed by atoms with E-state index in [1.54, 1.807) is 0 Å². The van der Waals surface area contributed by atoms with E-state index >= 15 is 0 Å². The molecule has 1 saturated heterocycles. The number of rotatable bonds is 3. The molecule has 0 bridgehead atoms. The third-order valence-electron chi connectivity index (χ3n) is 2.61. The highest BCUT2D eigenvalue weighted by molar-refractivity contribution is 9.10. The lowest BCUT2D eigenvalue weighted by Gasteiger charge is -2.15. The van der Waals surface area contributed by atoms with Crippen molar-refractivity contribution < 1.29 is 9.84 Å². The highest BCUT2D eigenvalue weighted by Crippen LogP contribution is 2.21. The third kappa shape index (κ3) is 2.96. The summed E-state index contributed by atoms with van der Waals surface area (Å²) in [6.45, 7) is 1.58. The van der Waals surface area contributed by atoms with E-state index in [4.69, 9.17) is 16.3 Å². The minimum Gasteiger partial charge on any atom is -0.389 e. The highest BCUT2D eigenvalue weighted by Gasteiger charge is 2.25. The van der Waals surface area contributed by atoms with Crippen molar-refractivity contribution in [2.45, 2.75) is 18.7 Å². The fraction of sp³-hybridized carbons (Fsp3) is 0.455. The first-order valence-electron chi connectivity index (χ1n) is 5.10. The molecule has 0 radical (unpaired) electrons. The molecule has 1 fully saturated rings. The van der Waals surface area contributed by atoms with Crippen molar-refractivity contribution in [3.63, 3.8) is 0 Å². The minimum atomic E-state index is -0.425. The predicted molar refractivity (Wildman–Crippen MR) is 66.6 cm³/mol. The van der Waals surface area contributed by atoms with Gasteiger partial charge in [0.25, 0.3) is 0 Å². The van der Waals surface area contributed by atoms with Crippen LogP contribution in [0.5, 0.6) is 0 Å². The Kier molecular flexibility index (Phi) is 4.21. The van der Waals surface area contributed by atoms with Gasteiger partial charge < -0.3 is 15.2 Å². The standard InChI is InChI=1S/C11H13BrClNO2/c12-8-1-2-9(13)7(3-8)4-14-10-5-16-6-11(10)15/h1-3,10-11,14-15H,4-6H2. The Morgan fingerprint density at radius 2 is 2.31 bits per heavy atom. The van der Waals surface area contributed by atoms with Crippen molar-refractivity contribution in [1.29, 1.82) is 0 Å². The summed E-state index contributed by atoms with van der Waals surface area (Å²) in [5.41, 5.74) is 1.01. The summed E-state index contributed by atoms with van der Waals surface area (Å²) in [7, 11) is 0. The summed E-state index contributed by atoms with van der Waals surface area (Å²) < 4.78 is 6.15. The molecule has 2 unspecified atom stereocenters. The molecule has 2 rings (SSSR count). The van der Waals surface area contributed by atoms with E-state index in [1.807, 2.05) is 18.2 Å². The van der Waals surface area contributed by atoms with Gasteiger partial charge in [0, 0.05) is 16.0 Å². The molecule has 3 nitrogen and oxygen atoms in total. The first-order chi connectivity index (χ1) is 7.66. The molecule has 1 aromatic carbocycles. The molecule has 0 saturated carbocycles. The summed E-state index contributed by atoms with van der Waals surface area (Å²) in [5, 5.41) is 13.5. The summed E-state index contributed by atoms with van der Waals surface area (Å²) in [5.74, 6) is 0. The van der Waals surface area contributed by atoms with Gasteiger partial charge in [0.2, 0.25) is 0 Å². The molecular formula is C11H13BrClNO2.